The first kappa shape index (κ1) is 12.5. The van der Waals surface area contributed by atoms with Crippen LogP contribution in [0.15, 0.2) is 0 Å². The Kier molecular flexibility index (Phi) is 4.58. The fourth-order valence-corrected chi connectivity index (χ4v) is 2.14. The molecule has 15 heavy (non-hydrogen) atoms. The molecule has 1 rings (SSSR count). The van der Waals surface area contributed by atoms with Crippen LogP contribution < -0.4 is 0 Å². The molecule has 88 valence electrons. The molecule has 1 saturated heterocycles. The quantitative estimate of drug-likeness (QED) is 0.667. The van der Waals surface area contributed by atoms with Gasteiger partial charge >= 0.3 is 5.97 Å². The monoisotopic (exact) mass is 213 g/mol. The molecule has 0 amide bonds. The lowest BCUT2D eigenvalue weighted by molar-refractivity contribution is -0.147. The second-order valence-electron chi connectivity index (χ2n) is 4.83. The van der Waals surface area contributed by atoms with Gasteiger partial charge in [-0.05, 0) is 18.8 Å². The number of esters is 1. The first-order valence-corrected chi connectivity index (χ1v) is 5.93. The fourth-order valence-electron chi connectivity index (χ4n) is 2.14. The van der Waals surface area contributed by atoms with Crippen LogP contribution in [0.5, 0.6) is 0 Å². The normalized spacial score (nSPS) is 29.1. The van der Waals surface area contributed by atoms with Gasteiger partial charge in [0.05, 0.1) is 12.5 Å². The summed E-state index contributed by atoms with van der Waals surface area (Å²) in [6, 6.07) is 0. The van der Waals surface area contributed by atoms with Crippen LogP contribution in [-0.4, -0.2) is 37.1 Å². The number of likely N-dealkylation sites (tertiary alicyclic amines) is 1. The van der Waals surface area contributed by atoms with E-state index in [0.717, 1.165) is 31.5 Å². The van der Waals surface area contributed by atoms with Crippen LogP contribution in [0.25, 0.3) is 0 Å². The Morgan fingerprint density at radius 2 is 1.93 bits per heavy atom. The predicted molar refractivity (Wildman–Crippen MR) is 60.6 cm³/mol. The Morgan fingerprint density at radius 1 is 1.40 bits per heavy atom. The number of carbonyl (C=O) groups is 1. The molecule has 0 spiro atoms. The van der Waals surface area contributed by atoms with Crippen LogP contribution in [0, 0.1) is 17.8 Å². The van der Waals surface area contributed by atoms with Crippen LogP contribution in [0.3, 0.4) is 0 Å². The highest BCUT2D eigenvalue weighted by molar-refractivity contribution is 5.72. The largest absolute Gasteiger partial charge is 0.466 e. The molecule has 1 aliphatic heterocycles. The van der Waals surface area contributed by atoms with Gasteiger partial charge in [0.1, 0.15) is 0 Å². The lowest BCUT2D eigenvalue weighted by Gasteiger charge is -2.19. The Labute approximate surface area is 92.8 Å². The van der Waals surface area contributed by atoms with Crippen molar-refractivity contribution in [3.8, 4) is 0 Å². The van der Waals surface area contributed by atoms with Crippen LogP contribution in [0.2, 0.25) is 0 Å². The van der Waals surface area contributed by atoms with Gasteiger partial charge in [0.25, 0.3) is 0 Å². The lowest BCUT2D eigenvalue weighted by Crippen LogP contribution is -2.31. The third-order valence-corrected chi connectivity index (χ3v) is 3.28. The van der Waals surface area contributed by atoms with E-state index in [1.807, 2.05) is 13.8 Å². The van der Waals surface area contributed by atoms with E-state index in [1.54, 1.807) is 0 Å². The molecule has 3 nitrogen and oxygen atoms in total. The van der Waals surface area contributed by atoms with E-state index in [9.17, 15) is 4.79 Å². The van der Waals surface area contributed by atoms with Gasteiger partial charge in [-0.2, -0.15) is 0 Å². The Hall–Kier alpha value is -0.570. The highest BCUT2D eigenvalue weighted by Crippen LogP contribution is 2.22. The molecule has 0 aromatic heterocycles. The average Bonchev–Trinajstić information content (AvgIpc) is 2.46. The summed E-state index contributed by atoms with van der Waals surface area (Å²) >= 11 is 0. The SMILES string of the molecule is CCOC(=O)C(C)CN1CC(C)C(C)C1. The molecule has 1 heterocycles. The predicted octanol–water partition coefficient (Wildman–Crippen LogP) is 1.77. The molecular weight excluding hydrogens is 190 g/mol. The summed E-state index contributed by atoms with van der Waals surface area (Å²) in [5.74, 6) is 1.44. The van der Waals surface area contributed by atoms with Crippen molar-refractivity contribution in [1.82, 2.24) is 4.90 Å². The molecule has 0 saturated carbocycles. The van der Waals surface area contributed by atoms with E-state index >= 15 is 0 Å². The average molecular weight is 213 g/mol. The summed E-state index contributed by atoms with van der Waals surface area (Å²) in [5.41, 5.74) is 0. The van der Waals surface area contributed by atoms with Gasteiger partial charge in [0.15, 0.2) is 0 Å². The van der Waals surface area contributed by atoms with Gasteiger partial charge in [-0.1, -0.05) is 20.8 Å². The molecule has 1 fully saturated rings. The Bertz CT molecular complexity index is 208. The summed E-state index contributed by atoms with van der Waals surface area (Å²) in [4.78, 5) is 13.8. The molecule has 0 aromatic carbocycles. The number of rotatable bonds is 4. The molecule has 0 radical (unpaired) electrons. The topological polar surface area (TPSA) is 29.5 Å². The molecule has 1 aliphatic rings. The van der Waals surface area contributed by atoms with Crippen molar-refractivity contribution in [1.29, 1.82) is 0 Å². The third-order valence-electron chi connectivity index (χ3n) is 3.28. The summed E-state index contributed by atoms with van der Waals surface area (Å²) in [6.45, 7) is 11.9. The number of ether oxygens (including phenoxy) is 1. The number of nitrogens with zero attached hydrogens (tertiary/aromatic N) is 1. The minimum atomic E-state index is -0.0651. The van der Waals surface area contributed by atoms with Gasteiger partial charge in [0, 0.05) is 19.6 Å². The van der Waals surface area contributed by atoms with Gasteiger partial charge < -0.3 is 9.64 Å². The van der Waals surface area contributed by atoms with Gasteiger partial charge in [0.2, 0.25) is 0 Å². The minimum absolute atomic E-state index is 0.00227. The summed E-state index contributed by atoms with van der Waals surface area (Å²) in [5, 5.41) is 0. The van der Waals surface area contributed by atoms with E-state index in [0.29, 0.717) is 6.61 Å². The van der Waals surface area contributed by atoms with E-state index < -0.39 is 0 Å². The second kappa shape index (κ2) is 5.50. The van der Waals surface area contributed by atoms with Crippen molar-refractivity contribution in [2.75, 3.05) is 26.2 Å². The van der Waals surface area contributed by atoms with E-state index in [2.05, 4.69) is 18.7 Å². The molecule has 3 heteroatoms. The molecule has 3 unspecified atom stereocenters. The molecular formula is C12H23NO2. The first-order valence-electron chi connectivity index (χ1n) is 5.93. The number of hydrogen-bond acceptors (Lipinski definition) is 3. The van der Waals surface area contributed by atoms with Crippen molar-refractivity contribution in [2.24, 2.45) is 17.8 Å². The lowest BCUT2D eigenvalue weighted by atomic mass is 10.0. The van der Waals surface area contributed by atoms with Gasteiger partial charge in [-0.3, -0.25) is 4.79 Å². The zero-order valence-electron chi connectivity index (χ0n) is 10.3. The molecule has 3 atom stereocenters. The number of hydrogen-bond donors (Lipinski definition) is 0. The standard InChI is InChI=1S/C12H23NO2/c1-5-15-12(14)11(4)8-13-6-9(2)10(3)7-13/h9-11H,5-8H2,1-4H3. The third kappa shape index (κ3) is 3.49. The van der Waals surface area contributed by atoms with Gasteiger partial charge in [-0.25, -0.2) is 0 Å². The molecule has 0 aliphatic carbocycles. The van der Waals surface area contributed by atoms with Crippen molar-refractivity contribution in [3.05, 3.63) is 0 Å². The van der Waals surface area contributed by atoms with Crippen LogP contribution >= 0.6 is 0 Å². The maximum Gasteiger partial charge on any atom is 0.309 e. The van der Waals surface area contributed by atoms with Crippen LogP contribution in [0.4, 0.5) is 0 Å². The van der Waals surface area contributed by atoms with Crippen LogP contribution in [0.1, 0.15) is 27.7 Å². The van der Waals surface area contributed by atoms with Gasteiger partial charge in [-0.15, -0.1) is 0 Å². The maximum absolute atomic E-state index is 11.4. The van der Waals surface area contributed by atoms with E-state index in [4.69, 9.17) is 4.74 Å². The van der Waals surface area contributed by atoms with Crippen molar-refractivity contribution in [2.45, 2.75) is 27.7 Å². The highest BCUT2D eigenvalue weighted by atomic mass is 16.5. The second-order valence-corrected chi connectivity index (χ2v) is 4.83. The molecule has 0 bridgehead atoms. The van der Waals surface area contributed by atoms with Crippen molar-refractivity contribution >= 4 is 5.97 Å². The summed E-state index contributed by atoms with van der Waals surface area (Å²) in [7, 11) is 0. The highest BCUT2D eigenvalue weighted by Gasteiger charge is 2.28. The maximum atomic E-state index is 11.4. The van der Waals surface area contributed by atoms with E-state index in [1.165, 1.54) is 0 Å². The zero-order chi connectivity index (χ0) is 11.4. The number of carbonyl (C=O) groups excluding carboxylic acids is 1. The first-order chi connectivity index (χ1) is 7.04. The minimum Gasteiger partial charge on any atom is -0.466 e. The van der Waals surface area contributed by atoms with Crippen molar-refractivity contribution < 1.29 is 9.53 Å². The van der Waals surface area contributed by atoms with Crippen LogP contribution in [-0.2, 0) is 9.53 Å². The molecule has 0 N–H and O–H groups in total. The Balaban J connectivity index is 2.33. The summed E-state index contributed by atoms with van der Waals surface area (Å²) in [6.07, 6.45) is 0. The molecule has 0 aromatic rings. The Morgan fingerprint density at radius 3 is 2.40 bits per heavy atom. The summed E-state index contributed by atoms with van der Waals surface area (Å²) < 4.78 is 5.00. The smallest absolute Gasteiger partial charge is 0.309 e. The van der Waals surface area contributed by atoms with E-state index in [-0.39, 0.29) is 11.9 Å². The zero-order valence-corrected chi connectivity index (χ0v) is 10.3. The fraction of sp³-hybridized carbons (Fsp3) is 0.917. The van der Waals surface area contributed by atoms with Crippen molar-refractivity contribution in [3.63, 3.8) is 0 Å².